The zero-order chi connectivity index (χ0) is 15.2. The molecule has 0 heterocycles. The zero-order valence-electron chi connectivity index (χ0n) is 12.1. The molecule has 2 aromatic carbocycles. The first-order valence-corrected chi connectivity index (χ1v) is 7.61. The maximum absolute atomic E-state index is 11.8. The van der Waals surface area contributed by atoms with Gasteiger partial charge in [-0.3, -0.25) is 0 Å². The molecule has 0 amide bonds. The van der Waals surface area contributed by atoms with E-state index in [1.807, 2.05) is 55.5 Å². The van der Waals surface area contributed by atoms with E-state index >= 15 is 0 Å². The van der Waals surface area contributed by atoms with Crippen molar-refractivity contribution in [2.45, 2.75) is 13.8 Å². The summed E-state index contributed by atoms with van der Waals surface area (Å²) in [6, 6.07) is 16.0. The Kier molecular flexibility index (Phi) is 5.34. The molecule has 2 nitrogen and oxygen atoms in total. The molecule has 0 N–H and O–H groups in total. The Hall–Kier alpha value is -1.87. The Balaban J connectivity index is 2.46. The molecule has 0 radical (unpaired) electrons. The predicted octanol–water partition coefficient (Wildman–Crippen LogP) is 4.75. The van der Waals surface area contributed by atoms with E-state index in [1.54, 1.807) is 13.0 Å². The number of hydrogen-bond donors (Lipinski definition) is 0. The fourth-order valence-corrected chi connectivity index (χ4v) is 2.26. The first-order chi connectivity index (χ1) is 10.1. The van der Waals surface area contributed by atoms with E-state index in [9.17, 15) is 4.79 Å². The molecule has 0 bridgehead atoms. The summed E-state index contributed by atoms with van der Waals surface area (Å²) >= 11 is 3.42. The Morgan fingerprint density at radius 2 is 1.57 bits per heavy atom. The standard InChI is InChI=1S/C18H17BrO2/c1-3-21-18(20)12-17(14-6-4-13(2)5-7-14)15-8-10-16(19)11-9-15/h4-12H,3H2,1-2H3/b17-12+. The molecule has 108 valence electrons. The third-order valence-corrected chi connectivity index (χ3v) is 3.60. The van der Waals surface area contributed by atoms with Crippen LogP contribution >= 0.6 is 15.9 Å². The lowest BCUT2D eigenvalue weighted by atomic mass is 9.97. The van der Waals surface area contributed by atoms with Crippen molar-refractivity contribution in [3.8, 4) is 0 Å². The first kappa shape index (κ1) is 15.5. The minimum absolute atomic E-state index is 0.323. The number of ether oxygens (including phenoxy) is 1. The van der Waals surface area contributed by atoms with Gasteiger partial charge in [0, 0.05) is 10.5 Å². The van der Waals surface area contributed by atoms with Crippen LogP contribution in [0.4, 0.5) is 0 Å². The fraction of sp³-hybridized carbons (Fsp3) is 0.167. The van der Waals surface area contributed by atoms with Gasteiger partial charge in [0.05, 0.1) is 6.61 Å². The van der Waals surface area contributed by atoms with Crippen molar-refractivity contribution in [1.29, 1.82) is 0 Å². The van der Waals surface area contributed by atoms with Crippen LogP contribution in [-0.2, 0) is 9.53 Å². The molecular weight excluding hydrogens is 328 g/mol. The van der Waals surface area contributed by atoms with Gasteiger partial charge in [-0.15, -0.1) is 0 Å². The smallest absolute Gasteiger partial charge is 0.331 e. The molecule has 21 heavy (non-hydrogen) atoms. The van der Waals surface area contributed by atoms with Crippen molar-refractivity contribution in [2.24, 2.45) is 0 Å². The molecule has 2 rings (SSSR count). The summed E-state index contributed by atoms with van der Waals surface area (Å²) in [6.45, 7) is 4.21. The number of carbonyl (C=O) groups is 1. The molecule has 0 saturated heterocycles. The van der Waals surface area contributed by atoms with Crippen molar-refractivity contribution >= 4 is 27.5 Å². The van der Waals surface area contributed by atoms with Gasteiger partial charge >= 0.3 is 5.97 Å². The number of carbonyl (C=O) groups excluding carboxylic acids is 1. The molecule has 0 atom stereocenters. The van der Waals surface area contributed by atoms with Crippen molar-refractivity contribution < 1.29 is 9.53 Å². The van der Waals surface area contributed by atoms with Crippen LogP contribution < -0.4 is 0 Å². The third kappa shape index (κ3) is 4.30. The first-order valence-electron chi connectivity index (χ1n) is 6.81. The van der Waals surface area contributed by atoms with E-state index in [2.05, 4.69) is 15.9 Å². The van der Waals surface area contributed by atoms with Gasteiger partial charge in [0.15, 0.2) is 0 Å². The minimum atomic E-state index is -0.323. The topological polar surface area (TPSA) is 26.3 Å². The normalized spacial score (nSPS) is 11.3. The highest BCUT2D eigenvalue weighted by molar-refractivity contribution is 9.10. The Morgan fingerprint density at radius 1 is 1.05 bits per heavy atom. The second-order valence-corrected chi connectivity index (χ2v) is 5.60. The Labute approximate surface area is 133 Å². The number of benzene rings is 2. The molecule has 0 aliphatic carbocycles. The molecule has 0 aliphatic rings. The summed E-state index contributed by atoms with van der Waals surface area (Å²) in [5.74, 6) is -0.323. The van der Waals surface area contributed by atoms with Gasteiger partial charge in [0.2, 0.25) is 0 Å². The second kappa shape index (κ2) is 7.23. The highest BCUT2D eigenvalue weighted by atomic mass is 79.9. The largest absolute Gasteiger partial charge is 0.463 e. The third-order valence-electron chi connectivity index (χ3n) is 3.07. The highest BCUT2D eigenvalue weighted by Gasteiger charge is 2.08. The molecule has 0 aromatic heterocycles. The van der Waals surface area contributed by atoms with Crippen molar-refractivity contribution in [1.82, 2.24) is 0 Å². The van der Waals surface area contributed by atoms with E-state index in [0.717, 1.165) is 21.2 Å². The molecule has 0 spiro atoms. The van der Waals surface area contributed by atoms with Crippen LogP contribution in [0.25, 0.3) is 5.57 Å². The summed E-state index contributed by atoms with van der Waals surface area (Å²) < 4.78 is 6.04. The zero-order valence-corrected chi connectivity index (χ0v) is 13.7. The van der Waals surface area contributed by atoms with Gasteiger partial charge in [-0.25, -0.2) is 4.79 Å². The number of halogens is 1. The molecule has 2 aromatic rings. The number of rotatable bonds is 4. The summed E-state index contributed by atoms with van der Waals surface area (Å²) in [6.07, 6.45) is 1.55. The molecule has 0 aliphatic heterocycles. The summed E-state index contributed by atoms with van der Waals surface area (Å²) in [5.41, 5.74) is 4.03. The van der Waals surface area contributed by atoms with Crippen LogP contribution in [0, 0.1) is 6.92 Å². The lowest BCUT2D eigenvalue weighted by molar-refractivity contribution is -0.137. The molecular formula is C18H17BrO2. The number of hydrogen-bond acceptors (Lipinski definition) is 2. The monoisotopic (exact) mass is 344 g/mol. The van der Waals surface area contributed by atoms with Crippen LogP contribution in [0.5, 0.6) is 0 Å². The van der Waals surface area contributed by atoms with Gasteiger partial charge in [-0.1, -0.05) is 57.9 Å². The molecule has 0 saturated carbocycles. The molecule has 0 unspecified atom stereocenters. The predicted molar refractivity (Wildman–Crippen MR) is 89.0 cm³/mol. The minimum Gasteiger partial charge on any atom is -0.463 e. The van der Waals surface area contributed by atoms with E-state index in [0.29, 0.717) is 6.61 Å². The van der Waals surface area contributed by atoms with Crippen molar-refractivity contribution in [2.75, 3.05) is 6.61 Å². The Morgan fingerprint density at radius 3 is 2.10 bits per heavy atom. The maximum atomic E-state index is 11.8. The van der Waals surface area contributed by atoms with Crippen LogP contribution in [-0.4, -0.2) is 12.6 Å². The summed E-state index contributed by atoms with van der Waals surface area (Å²) in [5, 5.41) is 0. The molecule has 0 fully saturated rings. The number of aryl methyl sites for hydroxylation is 1. The SMILES string of the molecule is CCOC(=O)/C=C(\c1ccc(C)cc1)c1ccc(Br)cc1. The Bertz CT molecular complexity index is 592. The van der Waals surface area contributed by atoms with Crippen LogP contribution in [0.3, 0.4) is 0 Å². The van der Waals surface area contributed by atoms with E-state index in [1.165, 1.54) is 5.56 Å². The van der Waals surface area contributed by atoms with Gasteiger partial charge in [-0.2, -0.15) is 0 Å². The average Bonchev–Trinajstić information content (AvgIpc) is 2.47. The van der Waals surface area contributed by atoms with Crippen molar-refractivity contribution in [3.05, 3.63) is 75.8 Å². The lowest BCUT2D eigenvalue weighted by Gasteiger charge is -2.09. The highest BCUT2D eigenvalue weighted by Crippen LogP contribution is 2.25. The van der Waals surface area contributed by atoms with Crippen LogP contribution in [0.2, 0.25) is 0 Å². The number of esters is 1. The van der Waals surface area contributed by atoms with E-state index in [-0.39, 0.29) is 5.97 Å². The van der Waals surface area contributed by atoms with Crippen LogP contribution in [0.15, 0.2) is 59.1 Å². The van der Waals surface area contributed by atoms with Crippen LogP contribution in [0.1, 0.15) is 23.6 Å². The quantitative estimate of drug-likeness (QED) is 0.590. The van der Waals surface area contributed by atoms with Crippen molar-refractivity contribution in [3.63, 3.8) is 0 Å². The van der Waals surface area contributed by atoms with Gasteiger partial charge in [0.1, 0.15) is 0 Å². The average molecular weight is 345 g/mol. The van der Waals surface area contributed by atoms with Gasteiger partial charge < -0.3 is 4.74 Å². The lowest BCUT2D eigenvalue weighted by Crippen LogP contribution is -2.01. The summed E-state index contributed by atoms with van der Waals surface area (Å²) in [7, 11) is 0. The van der Waals surface area contributed by atoms with Gasteiger partial charge in [0.25, 0.3) is 0 Å². The summed E-state index contributed by atoms with van der Waals surface area (Å²) in [4.78, 5) is 11.8. The van der Waals surface area contributed by atoms with E-state index < -0.39 is 0 Å². The van der Waals surface area contributed by atoms with E-state index in [4.69, 9.17) is 4.74 Å². The fourth-order valence-electron chi connectivity index (χ4n) is 2.00. The molecule has 3 heteroatoms. The maximum Gasteiger partial charge on any atom is 0.331 e. The van der Waals surface area contributed by atoms with Gasteiger partial charge in [-0.05, 0) is 42.7 Å². The second-order valence-electron chi connectivity index (χ2n) is 4.68.